The highest BCUT2D eigenvalue weighted by Crippen LogP contribution is 2.24. The lowest BCUT2D eigenvalue weighted by Crippen LogP contribution is -2.21. The predicted molar refractivity (Wildman–Crippen MR) is 126 cm³/mol. The Labute approximate surface area is 187 Å². The summed E-state index contributed by atoms with van der Waals surface area (Å²) in [6.07, 6.45) is 2.37. The Morgan fingerprint density at radius 1 is 0.935 bits per heavy atom. The summed E-state index contributed by atoms with van der Waals surface area (Å²) in [5.41, 5.74) is 2.43. The third-order valence-electron chi connectivity index (χ3n) is 5.31. The van der Waals surface area contributed by atoms with Crippen LogP contribution in [0.2, 0.25) is 0 Å². The maximum atomic E-state index is 12.5. The number of hydrogen-bond donors (Lipinski definition) is 2. The van der Waals surface area contributed by atoms with Crippen molar-refractivity contribution in [1.82, 2.24) is 10.2 Å². The first kappa shape index (κ1) is 22.6. The Kier molecular flexibility index (Phi) is 7.89. The number of carbonyl (C=O) groups excluding carboxylic acids is 2. The van der Waals surface area contributed by atoms with Gasteiger partial charge in [-0.15, -0.1) is 10.2 Å². The van der Waals surface area contributed by atoms with Crippen LogP contribution in [0.4, 0.5) is 10.8 Å². The van der Waals surface area contributed by atoms with Gasteiger partial charge in [-0.3, -0.25) is 14.9 Å². The molecule has 1 atom stereocenters. The van der Waals surface area contributed by atoms with Gasteiger partial charge in [0.05, 0.1) is 0 Å². The second-order valence-electron chi connectivity index (χ2n) is 7.55. The van der Waals surface area contributed by atoms with Crippen LogP contribution < -0.4 is 10.6 Å². The fourth-order valence-electron chi connectivity index (χ4n) is 3.33. The molecule has 6 nitrogen and oxygen atoms in total. The summed E-state index contributed by atoms with van der Waals surface area (Å²) in [4.78, 5) is 24.7. The van der Waals surface area contributed by atoms with Crippen molar-refractivity contribution >= 4 is 34.0 Å². The van der Waals surface area contributed by atoms with Crippen molar-refractivity contribution in [2.24, 2.45) is 5.92 Å². The Morgan fingerprint density at radius 2 is 1.61 bits per heavy atom. The SMILES string of the molecule is CCC(CC)C(=O)Nc1ccc(C(=O)Nc2nnc(CC(C)c3ccccc3)s2)cc1. The Balaban J connectivity index is 1.56. The molecule has 0 aliphatic carbocycles. The summed E-state index contributed by atoms with van der Waals surface area (Å²) < 4.78 is 0. The van der Waals surface area contributed by atoms with Crippen molar-refractivity contribution in [2.75, 3.05) is 10.6 Å². The van der Waals surface area contributed by atoms with Gasteiger partial charge < -0.3 is 5.32 Å². The van der Waals surface area contributed by atoms with Crippen LogP contribution in [0.1, 0.15) is 60.5 Å². The van der Waals surface area contributed by atoms with Crippen LogP contribution in [0.3, 0.4) is 0 Å². The van der Waals surface area contributed by atoms with Crippen molar-refractivity contribution in [1.29, 1.82) is 0 Å². The maximum Gasteiger partial charge on any atom is 0.257 e. The number of aromatic nitrogens is 2. The second-order valence-corrected chi connectivity index (χ2v) is 8.61. The zero-order valence-corrected chi connectivity index (χ0v) is 18.9. The van der Waals surface area contributed by atoms with Crippen LogP contribution in [-0.4, -0.2) is 22.0 Å². The molecule has 0 aliphatic rings. The smallest absolute Gasteiger partial charge is 0.257 e. The van der Waals surface area contributed by atoms with Gasteiger partial charge >= 0.3 is 0 Å². The van der Waals surface area contributed by atoms with Gasteiger partial charge in [0.25, 0.3) is 5.91 Å². The zero-order chi connectivity index (χ0) is 22.2. The largest absolute Gasteiger partial charge is 0.326 e. The molecule has 0 bridgehead atoms. The summed E-state index contributed by atoms with van der Waals surface area (Å²) in [6, 6.07) is 17.1. The van der Waals surface area contributed by atoms with Crippen LogP contribution in [0.15, 0.2) is 54.6 Å². The molecule has 1 unspecified atom stereocenters. The van der Waals surface area contributed by atoms with Crippen molar-refractivity contribution in [2.45, 2.75) is 46.0 Å². The number of carbonyl (C=O) groups is 2. The van der Waals surface area contributed by atoms with E-state index in [2.05, 4.69) is 39.9 Å². The lowest BCUT2D eigenvalue weighted by molar-refractivity contribution is -0.120. The molecule has 2 N–H and O–H groups in total. The molecule has 3 aromatic rings. The minimum absolute atomic E-state index is 0.000756. The molecule has 0 radical (unpaired) electrons. The van der Waals surface area contributed by atoms with E-state index in [0.29, 0.717) is 22.3 Å². The van der Waals surface area contributed by atoms with E-state index in [1.165, 1.54) is 16.9 Å². The minimum Gasteiger partial charge on any atom is -0.326 e. The second kappa shape index (κ2) is 10.8. The lowest BCUT2D eigenvalue weighted by Gasteiger charge is -2.12. The zero-order valence-electron chi connectivity index (χ0n) is 18.1. The van der Waals surface area contributed by atoms with Crippen molar-refractivity contribution in [3.05, 3.63) is 70.7 Å². The van der Waals surface area contributed by atoms with Crippen LogP contribution >= 0.6 is 11.3 Å². The van der Waals surface area contributed by atoms with Crippen LogP contribution in [0, 0.1) is 5.92 Å². The van der Waals surface area contributed by atoms with Crippen molar-refractivity contribution in [3.63, 3.8) is 0 Å². The molecule has 3 rings (SSSR count). The fourth-order valence-corrected chi connectivity index (χ4v) is 4.19. The highest BCUT2D eigenvalue weighted by Gasteiger charge is 2.15. The van der Waals surface area contributed by atoms with E-state index >= 15 is 0 Å². The van der Waals surface area contributed by atoms with E-state index in [1.54, 1.807) is 24.3 Å². The summed E-state index contributed by atoms with van der Waals surface area (Å²) in [5.74, 6) is 0.0738. The summed E-state index contributed by atoms with van der Waals surface area (Å²) >= 11 is 1.39. The molecular formula is C24H28N4O2S. The van der Waals surface area contributed by atoms with Crippen molar-refractivity contribution < 1.29 is 9.59 Å². The monoisotopic (exact) mass is 436 g/mol. The average Bonchev–Trinajstić information content (AvgIpc) is 3.22. The number of amides is 2. The fraction of sp³-hybridized carbons (Fsp3) is 0.333. The molecule has 2 aromatic carbocycles. The molecule has 162 valence electrons. The van der Waals surface area contributed by atoms with Gasteiger partial charge in [0, 0.05) is 23.6 Å². The maximum absolute atomic E-state index is 12.5. The molecule has 0 saturated carbocycles. The minimum atomic E-state index is -0.253. The van der Waals surface area contributed by atoms with E-state index in [0.717, 1.165) is 24.3 Å². The van der Waals surface area contributed by atoms with E-state index in [9.17, 15) is 9.59 Å². The van der Waals surface area contributed by atoms with Crippen LogP contribution in [0.25, 0.3) is 0 Å². The van der Waals surface area contributed by atoms with Crippen molar-refractivity contribution in [3.8, 4) is 0 Å². The van der Waals surface area contributed by atoms with Gasteiger partial charge in [0.2, 0.25) is 11.0 Å². The number of anilines is 2. The molecule has 0 spiro atoms. The van der Waals surface area contributed by atoms with Crippen LogP contribution in [0.5, 0.6) is 0 Å². The quantitative estimate of drug-likeness (QED) is 0.463. The first-order valence-corrected chi connectivity index (χ1v) is 11.4. The molecule has 0 fully saturated rings. The van der Waals surface area contributed by atoms with Gasteiger partial charge in [-0.2, -0.15) is 0 Å². The molecule has 7 heteroatoms. The van der Waals surface area contributed by atoms with Gasteiger partial charge in [-0.1, -0.05) is 62.4 Å². The Hall–Kier alpha value is -3.06. The summed E-state index contributed by atoms with van der Waals surface area (Å²) in [7, 11) is 0. The third-order valence-corrected chi connectivity index (χ3v) is 6.17. The van der Waals surface area contributed by atoms with E-state index in [1.807, 2.05) is 32.0 Å². The average molecular weight is 437 g/mol. The normalized spacial score (nSPS) is 11.9. The molecule has 31 heavy (non-hydrogen) atoms. The third kappa shape index (κ3) is 6.21. The highest BCUT2D eigenvalue weighted by molar-refractivity contribution is 7.15. The predicted octanol–water partition coefficient (Wildman–Crippen LogP) is 5.51. The number of rotatable bonds is 9. The Morgan fingerprint density at radius 3 is 2.26 bits per heavy atom. The van der Waals surface area contributed by atoms with Gasteiger partial charge in [0.1, 0.15) is 5.01 Å². The summed E-state index contributed by atoms with van der Waals surface area (Å²) in [6.45, 7) is 6.16. The standard InChI is InChI=1S/C24H28N4O2S/c1-4-17(5-2)22(29)25-20-13-11-19(12-14-20)23(30)26-24-28-27-21(31-24)15-16(3)18-9-7-6-8-10-18/h6-14,16-17H,4-5,15H2,1-3H3,(H,25,29)(H,26,28,30). The number of nitrogens with zero attached hydrogens (tertiary/aromatic N) is 2. The van der Waals surface area contributed by atoms with Gasteiger partial charge in [-0.25, -0.2) is 0 Å². The molecule has 0 aliphatic heterocycles. The molecule has 1 aromatic heterocycles. The molecular weight excluding hydrogens is 408 g/mol. The van der Waals surface area contributed by atoms with Gasteiger partial charge in [0.15, 0.2) is 0 Å². The van der Waals surface area contributed by atoms with Gasteiger partial charge in [-0.05, 0) is 48.6 Å². The first-order valence-electron chi connectivity index (χ1n) is 10.6. The molecule has 1 heterocycles. The molecule has 2 amide bonds. The van der Waals surface area contributed by atoms with E-state index in [-0.39, 0.29) is 17.7 Å². The molecule has 0 saturated heterocycles. The lowest BCUT2D eigenvalue weighted by atomic mass is 9.98. The Bertz CT molecular complexity index is 998. The summed E-state index contributed by atoms with van der Waals surface area (Å²) in [5, 5.41) is 15.4. The highest BCUT2D eigenvalue weighted by atomic mass is 32.1. The van der Waals surface area contributed by atoms with E-state index in [4.69, 9.17) is 0 Å². The topological polar surface area (TPSA) is 84.0 Å². The van der Waals surface area contributed by atoms with Crippen LogP contribution in [-0.2, 0) is 11.2 Å². The first-order chi connectivity index (χ1) is 15.0. The number of hydrogen-bond acceptors (Lipinski definition) is 5. The number of benzene rings is 2. The number of nitrogens with one attached hydrogen (secondary N) is 2. The van der Waals surface area contributed by atoms with E-state index < -0.39 is 0 Å².